The predicted molar refractivity (Wildman–Crippen MR) is 61.4 cm³/mol. The molecule has 2 aliphatic rings. The minimum atomic E-state index is -0.987. The van der Waals surface area contributed by atoms with Crippen LogP contribution in [0.1, 0.15) is 19.8 Å². The molecule has 2 N–H and O–H groups in total. The van der Waals surface area contributed by atoms with Gasteiger partial charge in [-0.3, -0.25) is 9.59 Å². The lowest BCUT2D eigenvalue weighted by Crippen LogP contribution is -2.51. The summed E-state index contributed by atoms with van der Waals surface area (Å²) in [5.74, 6) is -1.00. The van der Waals surface area contributed by atoms with Gasteiger partial charge in [0.1, 0.15) is 12.1 Å². The molecule has 94 valence electrons. The number of aliphatic carboxylic acids is 1. The van der Waals surface area contributed by atoms with Crippen molar-refractivity contribution >= 4 is 29.5 Å². The summed E-state index contributed by atoms with van der Waals surface area (Å²) < 4.78 is 0. The maximum Gasteiger partial charge on any atom is 0.327 e. The number of thioether (sulfide) groups is 1. The summed E-state index contributed by atoms with van der Waals surface area (Å²) in [6, 6.07) is -1.33. The lowest BCUT2D eigenvalue weighted by Gasteiger charge is -2.27. The summed E-state index contributed by atoms with van der Waals surface area (Å²) in [4.78, 5) is 35.6. The second-order valence-electron chi connectivity index (χ2n) is 4.19. The number of hydrogen-bond acceptors (Lipinski definition) is 4. The van der Waals surface area contributed by atoms with E-state index in [1.54, 1.807) is 0 Å². The molecule has 0 saturated carbocycles. The molecule has 2 aliphatic heterocycles. The van der Waals surface area contributed by atoms with Crippen LogP contribution < -0.4 is 5.32 Å². The molecule has 3 atom stereocenters. The third-order valence-corrected chi connectivity index (χ3v) is 4.27. The summed E-state index contributed by atoms with van der Waals surface area (Å²) in [6.45, 7) is 1.81. The molecule has 0 bridgehead atoms. The van der Waals surface area contributed by atoms with Crippen molar-refractivity contribution in [3.63, 3.8) is 0 Å². The monoisotopic (exact) mass is 258 g/mol. The standard InChI is InChI=1S/C10H14N2O4S/c1-5-12(7(4-17-5)10(15)16)9(14)6-2-3-8(13)11-6/h5-7H,2-4H2,1H3,(H,11,13)(H,15,16). The zero-order chi connectivity index (χ0) is 12.6. The highest BCUT2D eigenvalue weighted by molar-refractivity contribution is 8.00. The van der Waals surface area contributed by atoms with Gasteiger partial charge in [-0.15, -0.1) is 11.8 Å². The van der Waals surface area contributed by atoms with Crippen molar-refractivity contribution in [2.75, 3.05) is 5.75 Å². The van der Waals surface area contributed by atoms with Gasteiger partial charge in [-0.05, 0) is 13.3 Å². The largest absolute Gasteiger partial charge is 0.480 e. The number of nitrogens with zero attached hydrogens (tertiary/aromatic N) is 1. The van der Waals surface area contributed by atoms with Crippen molar-refractivity contribution in [3.05, 3.63) is 0 Å². The van der Waals surface area contributed by atoms with E-state index in [0.717, 1.165) is 0 Å². The van der Waals surface area contributed by atoms with Crippen LogP contribution in [0.2, 0.25) is 0 Å². The summed E-state index contributed by atoms with van der Waals surface area (Å²) in [6.07, 6.45) is 0.793. The molecule has 2 fully saturated rings. The van der Waals surface area contributed by atoms with Gasteiger partial charge in [0.2, 0.25) is 11.8 Å². The van der Waals surface area contributed by atoms with Crippen molar-refractivity contribution in [1.82, 2.24) is 10.2 Å². The SMILES string of the molecule is CC1SCC(C(=O)O)N1C(=O)C1CCC(=O)N1. The number of carboxylic acids is 1. The first-order valence-electron chi connectivity index (χ1n) is 5.46. The van der Waals surface area contributed by atoms with Crippen LogP contribution >= 0.6 is 11.8 Å². The Morgan fingerprint density at radius 3 is 2.76 bits per heavy atom. The van der Waals surface area contributed by atoms with Crippen molar-refractivity contribution in [3.8, 4) is 0 Å². The highest BCUT2D eigenvalue weighted by Gasteiger charge is 2.43. The summed E-state index contributed by atoms with van der Waals surface area (Å²) in [5, 5.41) is 11.5. The Morgan fingerprint density at radius 1 is 1.53 bits per heavy atom. The van der Waals surface area contributed by atoms with Crippen LogP contribution in [0.3, 0.4) is 0 Å². The van der Waals surface area contributed by atoms with Gasteiger partial charge in [-0.1, -0.05) is 0 Å². The molecule has 6 nitrogen and oxygen atoms in total. The zero-order valence-corrected chi connectivity index (χ0v) is 10.2. The molecule has 2 heterocycles. The highest BCUT2D eigenvalue weighted by atomic mass is 32.2. The molecular weight excluding hydrogens is 244 g/mol. The molecule has 0 aromatic carbocycles. The number of carbonyl (C=O) groups excluding carboxylic acids is 2. The average molecular weight is 258 g/mol. The van der Waals surface area contributed by atoms with Crippen LogP contribution in [0.4, 0.5) is 0 Å². The molecule has 0 aliphatic carbocycles. The fourth-order valence-electron chi connectivity index (χ4n) is 2.15. The van der Waals surface area contributed by atoms with E-state index in [9.17, 15) is 14.4 Å². The Bertz CT molecular complexity index is 373. The number of amides is 2. The van der Waals surface area contributed by atoms with Gasteiger partial charge >= 0.3 is 5.97 Å². The minimum Gasteiger partial charge on any atom is -0.480 e. The van der Waals surface area contributed by atoms with E-state index >= 15 is 0 Å². The van der Waals surface area contributed by atoms with Crippen LogP contribution in [0, 0.1) is 0 Å². The molecule has 2 amide bonds. The van der Waals surface area contributed by atoms with E-state index in [1.165, 1.54) is 16.7 Å². The fourth-order valence-corrected chi connectivity index (χ4v) is 3.32. The van der Waals surface area contributed by atoms with Gasteiger partial charge in [0.25, 0.3) is 0 Å². The molecule has 2 saturated heterocycles. The van der Waals surface area contributed by atoms with Crippen LogP contribution in [-0.2, 0) is 14.4 Å². The second kappa shape index (κ2) is 4.56. The fraction of sp³-hybridized carbons (Fsp3) is 0.700. The number of carbonyl (C=O) groups is 3. The molecule has 17 heavy (non-hydrogen) atoms. The predicted octanol–water partition coefficient (Wildman–Crippen LogP) is -0.360. The number of nitrogens with one attached hydrogen (secondary N) is 1. The molecule has 0 radical (unpaired) electrons. The molecule has 3 unspecified atom stereocenters. The van der Waals surface area contributed by atoms with Crippen molar-refractivity contribution in [2.24, 2.45) is 0 Å². The minimum absolute atomic E-state index is 0.144. The van der Waals surface area contributed by atoms with Crippen LogP contribution in [0.15, 0.2) is 0 Å². The van der Waals surface area contributed by atoms with Crippen LogP contribution in [-0.4, -0.2) is 51.0 Å². The smallest absolute Gasteiger partial charge is 0.327 e. The Balaban J connectivity index is 2.11. The van der Waals surface area contributed by atoms with E-state index in [2.05, 4.69) is 5.32 Å². The first-order valence-corrected chi connectivity index (χ1v) is 6.51. The van der Waals surface area contributed by atoms with E-state index in [0.29, 0.717) is 18.6 Å². The van der Waals surface area contributed by atoms with Gasteiger partial charge in [-0.25, -0.2) is 4.79 Å². The number of hydrogen-bond donors (Lipinski definition) is 2. The normalized spacial score (nSPS) is 32.6. The molecule has 0 spiro atoms. The molecule has 7 heteroatoms. The van der Waals surface area contributed by atoms with Gasteiger partial charge in [0.15, 0.2) is 0 Å². The van der Waals surface area contributed by atoms with Gasteiger partial charge in [-0.2, -0.15) is 0 Å². The Hall–Kier alpha value is -1.24. The summed E-state index contributed by atoms with van der Waals surface area (Å²) in [7, 11) is 0. The Labute approximate surface area is 103 Å². The van der Waals surface area contributed by atoms with Crippen LogP contribution in [0.25, 0.3) is 0 Å². The van der Waals surface area contributed by atoms with Crippen molar-refractivity contribution in [1.29, 1.82) is 0 Å². The van der Waals surface area contributed by atoms with E-state index < -0.39 is 18.1 Å². The Kier molecular flexibility index (Phi) is 3.28. The zero-order valence-electron chi connectivity index (χ0n) is 9.38. The summed E-state index contributed by atoms with van der Waals surface area (Å²) in [5.41, 5.74) is 0. The van der Waals surface area contributed by atoms with Gasteiger partial charge in [0.05, 0.1) is 5.37 Å². The van der Waals surface area contributed by atoms with E-state index in [1.807, 2.05) is 6.92 Å². The quantitative estimate of drug-likeness (QED) is 0.706. The van der Waals surface area contributed by atoms with Crippen LogP contribution in [0.5, 0.6) is 0 Å². The van der Waals surface area contributed by atoms with E-state index in [4.69, 9.17) is 5.11 Å². The maximum atomic E-state index is 12.2. The Morgan fingerprint density at radius 2 is 2.24 bits per heavy atom. The third kappa shape index (κ3) is 2.24. The number of carboxylic acid groups (broad SMARTS) is 1. The molecular formula is C10H14N2O4S. The highest BCUT2D eigenvalue weighted by Crippen LogP contribution is 2.30. The van der Waals surface area contributed by atoms with Crippen molar-refractivity contribution < 1.29 is 19.5 Å². The average Bonchev–Trinajstić information content (AvgIpc) is 2.83. The molecule has 2 rings (SSSR count). The third-order valence-electron chi connectivity index (χ3n) is 3.06. The lowest BCUT2D eigenvalue weighted by atomic mass is 10.1. The lowest BCUT2D eigenvalue weighted by molar-refractivity contribution is -0.149. The van der Waals surface area contributed by atoms with Gasteiger partial charge in [0, 0.05) is 12.2 Å². The first kappa shape index (κ1) is 12.2. The molecule has 0 aromatic rings. The molecule has 0 aromatic heterocycles. The first-order chi connectivity index (χ1) is 8.00. The van der Waals surface area contributed by atoms with Crippen molar-refractivity contribution in [2.45, 2.75) is 37.2 Å². The summed E-state index contributed by atoms with van der Waals surface area (Å²) >= 11 is 1.44. The number of rotatable bonds is 2. The van der Waals surface area contributed by atoms with Gasteiger partial charge < -0.3 is 15.3 Å². The maximum absolute atomic E-state index is 12.2. The topological polar surface area (TPSA) is 86.7 Å². The second-order valence-corrected chi connectivity index (χ2v) is 5.54. The van der Waals surface area contributed by atoms with E-state index in [-0.39, 0.29) is 17.2 Å².